The first-order valence-corrected chi connectivity index (χ1v) is 11.3. The van der Waals surface area contributed by atoms with Crippen LogP contribution in [0.3, 0.4) is 0 Å². The van der Waals surface area contributed by atoms with E-state index in [0.717, 1.165) is 55.8 Å². The Morgan fingerprint density at radius 2 is 1.84 bits per heavy atom. The molecule has 2 bridgehead atoms. The summed E-state index contributed by atoms with van der Waals surface area (Å²) in [6.07, 6.45) is 1.80. The van der Waals surface area contributed by atoms with E-state index in [1.807, 2.05) is 30.3 Å². The van der Waals surface area contributed by atoms with Crippen molar-refractivity contribution in [1.82, 2.24) is 9.80 Å². The summed E-state index contributed by atoms with van der Waals surface area (Å²) in [5.41, 5.74) is 3.81. The molecule has 164 valence electrons. The van der Waals surface area contributed by atoms with E-state index in [9.17, 15) is 10.4 Å². The maximum atomic E-state index is 10.2. The zero-order chi connectivity index (χ0) is 21.7. The zero-order valence-corrected chi connectivity index (χ0v) is 18.0. The van der Waals surface area contributed by atoms with Gasteiger partial charge >= 0.3 is 0 Å². The molecule has 0 unspecified atom stereocenters. The molecular weight excluding hydrogens is 402 g/mol. The molecule has 32 heavy (non-hydrogen) atoms. The lowest BCUT2D eigenvalue weighted by Crippen LogP contribution is -2.53. The van der Waals surface area contributed by atoms with Crippen molar-refractivity contribution in [3.63, 3.8) is 0 Å². The number of fused-ring (bicyclic) bond motifs is 2. The van der Waals surface area contributed by atoms with E-state index in [1.54, 1.807) is 6.26 Å². The van der Waals surface area contributed by atoms with Crippen LogP contribution < -0.4 is 0 Å². The summed E-state index contributed by atoms with van der Waals surface area (Å²) >= 11 is 0. The Hall–Kier alpha value is -2.69. The van der Waals surface area contributed by atoms with E-state index < -0.39 is 0 Å². The summed E-state index contributed by atoms with van der Waals surface area (Å²) in [6, 6.07) is 18.5. The average Bonchev–Trinajstić information content (AvgIpc) is 3.43. The molecule has 3 saturated heterocycles. The van der Waals surface area contributed by atoms with E-state index in [-0.39, 0.29) is 24.2 Å². The Balaban J connectivity index is 1.21. The van der Waals surface area contributed by atoms with E-state index >= 15 is 0 Å². The number of rotatable bonds is 5. The van der Waals surface area contributed by atoms with Gasteiger partial charge in [-0.3, -0.25) is 9.80 Å². The number of nitriles is 1. The molecule has 0 aliphatic carbocycles. The second-order valence-electron chi connectivity index (χ2n) is 9.62. The van der Waals surface area contributed by atoms with Crippen molar-refractivity contribution in [2.75, 3.05) is 32.8 Å². The summed E-state index contributed by atoms with van der Waals surface area (Å²) in [7, 11) is 0. The van der Waals surface area contributed by atoms with Crippen LogP contribution >= 0.6 is 0 Å². The number of aliphatic hydroxyl groups excluding tert-OH is 1. The lowest BCUT2D eigenvalue weighted by molar-refractivity contribution is -0.119. The number of morpholine rings is 1. The average molecular weight is 430 g/mol. The molecule has 4 atom stereocenters. The third-order valence-electron chi connectivity index (χ3n) is 7.53. The summed E-state index contributed by atoms with van der Waals surface area (Å²) in [5.74, 6) is 0.511. The number of likely N-dealkylation sites (tertiary alicyclic amines) is 2. The predicted octanol–water partition coefficient (Wildman–Crippen LogP) is 3.00. The van der Waals surface area contributed by atoms with Crippen LogP contribution in [0.2, 0.25) is 0 Å². The van der Waals surface area contributed by atoms with Crippen LogP contribution in [0.5, 0.6) is 0 Å². The lowest BCUT2D eigenvalue weighted by Gasteiger charge is -2.40. The van der Waals surface area contributed by atoms with Crippen molar-refractivity contribution in [2.45, 2.75) is 24.8 Å². The van der Waals surface area contributed by atoms with Gasteiger partial charge in [0, 0.05) is 63.1 Å². The molecule has 2 aromatic carbocycles. The fourth-order valence-corrected chi connectivity index (χ4v) is 6.23. The van der Waals surface area contributed by atoms with Crippen molar-refractivity contribution in [1.29, 1.82) is 5.26 Å². The number of furan rings is 1. The zero-order valence-electron chi connectivity index (χ0n) is 18.0. The largest absolute Gasteiger partial charge is 0.464 e. The first kappa shape index (κ1) is 20.0. The van der Waals surface area contributed by atoms with Gasteiger partial charge in [0.25, 0.3) is 0 Å². The monoisotopic (exact) mass is 429 g/mol. The van der Waals surface area contributed by atoms with Crippen molar-refractivity contribution in [3.05, 3.63) is 71.5 Å². The summed E-state index contributed by atoms with van der Waals surface area (Å²) in [6.45, 7) is 5.36. The van der Waals surface area contributed by atoms with Gasteiger partial charge < -0.3 is 14.3 Å². The molecule has 0 saturated carbocycles. The Morgan fingerprint density at radius 1 is 1.03 bits per heavy atom. The molecule has 6 rings (SSSR count). The second kappa shape index (κ2) is 7.72. The number of ether oxygens (including phenoxy) is 1. The predicted molar refractivity (Wildman–Crippen MR) is 120 cm³/mol. The van der Waals surface area contributed by atoms with Crippen molar-refractivity contribution in [3.8, 4) is 6.07 Å². The summed E-state index contributed by atoms with van der Waals surface area (Å²) in [5, 5.41) is 20.6. The molecule has 1 spiro atoms. The van der Waals surface area contributed by atoms with E-state index in [4.69, 9.17) is 9.15 Å². The molecule has 3 aliphatic heterocycles. The first-order chi connectivity index (χ1) is 15.7. The van der Waals surface area contributed by atoms with Gasteiger partial charge in [0.05, 0.1) is 29.6 Å². The van der Waals surface area contributed by atoms with E-state index in [0.29, 0.717) is 11.5 Å². The minimum Gasteiger partial charge on any atom is -0.464 e. The smallest absolute Gasteiger partial charge is 0.133 e. The minimum absolute atomic E-state index is 0.0716. The van der Waals surface area contributed by atoms with Crippen LogP contribution in [-0.4, -0.2) is 59.4 Å². The maximum absolute atomic E-state index is 10.2. The maximum Gasteiger partial charge on any atom is 0.133 e. The molecule has 1 N–H and O–H groups in total. The Labute approximate surface area is 187 Å². The SMILES string of the molecule is N#Cc1cccc(CN2C[C@H]3O[C@@]4(CN(Cc5ccc6occc6c5)C[C@@H]4[C@@H]3CO)C2)c1. The Morgan fingerprint density at radius 3 is 2.66 bits per heavy atom. The second-order valence-corrected chi connectivity index (χ2v) is 9.62. The number of aliphatic hydroxyl groups is 1. The lowest BCUT2D eigenvalue weighted by atomic mass is 9.83. The Kier molecular flexibility index (Phi) is 4.81. The van der Waals surface area contributed by atoms with Gasteiger partial charge in [-0.15, -0.1) is 0 Å². The van der Waals surface area contributed by atoms with Crippen LogP contribution in [0.15, 0.2) is 59.2 Å². The molecule has 4 heterocycles. The van der Waals surface area contributed by atoms with Gasteiger partial charge in [-0.2, -0.15) is 5.26 Å². The highest BCUT2D eigenvalue weighted by Gasteiger charge is 2.61. The molecule has 0 radical (unpaired) electrons. The normalized spacial score (nSPS) is 29.9. The molecule has 0 amide bonds. The standard InChI is InChI=1S/C26H27N3O3/c27-10-18-2-1-3-19(8-18)11-29-14-25-22(15-30)23-13-28(16-26(23,17-29)32-25)12-20-4-5-24-21(9-20)6-7-31-24/h1-9,22-23,25,30H,11-17H2/t22-,23+,25+,26-/m0/s1. The highest BCUT2D eigenvalue weighted by Crippen LogP contribution is 2.49. The van der Waals surface area contributed by atoms with Crippen LogP contribution in [0, 0.1) is 23.2 Å². The number of benzene rings is 2. The van der Waals surface area contributed by atoms with Gasteiger partial charge in [0.1, 0.15) is 5.58 Å². The van der Waals surface area contributed by atoms with Crippen LogP contribution in [-0.2, 0) is 17.8 Å². The number of hydrogen-bond acceptors (Lipinski definition) is 6. The van der Waals surface area contributed by atoms with Gasteiger partial charge in [0.15, 0.2) is 0 Å². The number of hydrogen-bond donors (Lipinski definition) is 1. The first-order valence-electron chi connectivity index (χ1n) is 11.3. The highest BCUT2D eigenvalue weighted by atomic mass is 16.5. The molecule has 3 aromatic rings. The van der Waals surface area contributed by atoms with Crippen LogP contribution in [0.25, 0.3) is 11.0 Å². The van der Waals surface area contributed by atoms with E-state index in [2.05, 4.69) is 34.1 Å². The quantitative estimate of drug-likeness (QED) is 0.672. The minimum atomic E-state index is -0.233. The Bertz CT molecular complexity index is 1180. The number of nitrogens with zero attached hydrogens (tertiary/aromatic N) is 3. The fourth-order valence-electron chi connectivity index (χ4n) is 6.23. The summed E-state index contributed by atoms with van der Waals surface area (Å²) in [4.78, 5) is 4.93. The van der Waals surface area contributed by atoms with Crippen molar-refractivity contribution < 1.29 is 14.3 Å². The third kappa shape index (κ3) is 3.33. The van der Waals surface area contributed by atoms with Gasteiger partial charge in [-0.1, -0.05) is 18.2 Å². The van der Waals surface area contributed by atoms with Crippen molar-refractivity contribution >= 4 is 11.0 Å². The molecule has 3 fully saturated rings. The molecule has 6 heteroatoms. The molecule has 3 aliphatic rings. The van der Waals surface area contributed by atoms with Crippen molar-refractivity contribution in [2.24, 2.45) is 11.8 Å². The molecule has 1 aromatic heterocycles. The van der Waals surface area contributed by atoms with Gasteiger partial charge in [-0.05, 0) is 41.5 Å². The molecule has 6 nitrogen and oxygen atoms in total. The van der Waals surface area contributed by atoms with Crippen LogP contribution in [0.4, 0.5) is 0 Å². The summed E-state index contributed by atoms with van der Waals surface area (Å²) < 4.78 is 12.1. The molecular formula is C26H27N3O3. The van der Waals surface area contributed by atoms with Gasteiger partial charge in [-0.25, -0.2) is 0 Å². The van der Waals surface area contributed by atoms with Crippen LogP contribution in [0.1, 0.15) is 16.7 Å². The van der Waals surface area contributed by atoms with E-state index in [1.165, 1.54) is 5.56 Å². The topological polar surface area (TPSA) is 72.9 Å². The van der Waals surface area contributed by atoms with Gasteiger partial charge in [0.2, 0.25) is 0 Å². The third-order valence-corrected chi connectivity index (χ3v) is 7.53. The highest BCUT2D eigenvalue weighted by molar-refractivity contribution is 5.77. The fraction of sp³-hybridized carbons (Fsp3) is 0.423.